The van der Waals surface area contributed by atoms with E-state index in [1.165, 1.54) is 5.01 Å². The molecule has 1 unspecified atom stereocenters. The van der Waals surface area contributed by atoms with Crippen molar-refractivity contribution < 1.29 is 9.59 Å². The van der Waals surface area contributed by atoms with E-state index in [0.29, 0.717) is 5.71 Å². The quantitative estimate of drug-likeness (QED) is 0.833. The molecule has 0 fully saturated rings. The lowest BCUT2D eigenvalue weighted by Crippen LogP contribution is -2.41. The number of amides is 2. The Bertz CT molecular complexity index is 567. The fraction of sp³-hybridized carbons (Fsp3) is 0.438. The third-order valence-electron chi connectivity index (χ3n) is 3.84. The fourth-order valence-electron chi connectivity index (χ4n) is 2.45. The first kappa shape index (κ1) is 16.0. The van der Waals surface area contributed by atoms with Crippen LogP contribution in [-0.2, 0) is 9.59 Å². The zero-order chi connectivity index (χ0) is 16.1. The van der Waals surface area contributed by atoms with Gasteiger partial charge in [-0.2, -0.15) is 5.10 Å². The highest BCUT2D eigenvalue weighted by molar-refractivity contribution is 6.40. The first-order chi connectivity index (χ1) is 10.6. The maximum Gasteiger partial charge on any atom is 0.267 e. The summed E-state index contributed by atoms with van der Waals surface area (Å²) in [5.41, 5.74) is 6.55. The Morgan fingerprint density at radius 2 is 1.95 bits per heavy atom. The van der Waals surface area contributed by atoms with Gasteiger partial charge in [0.25, 0.3) is 5.91 Å². The summed E-state index contributed by atoms with van der Waals surface area (Å²) in [6, 6.07) is 8.75. The van der Waals surface area contributed by atoms with Crippen LogP contribution in [0, 0.1) is 0 Å². The predicted molar refractivity (Wildman–Crippen MR) is 86.5 cm³/mol. The van der Waals surface area contributed by atoms with Crippen molar-refractivity contribution in [3.05, 3.63) is 30.3 Å². The van der Waals surface area contributed by atoms with Gasteiger partial charge in [0, 0.05) is 12.5 Å². The monoisotopic (exact) mass is 302 g/mol. The van der Waals surface area contributed by atoms with Gasteiger partial charge in [-0.3, -0.25) is 14.6 Å². The number of primary amides is 1. The SMILES string of the molecule is CCC(CC)NC(=O)C1=NN(c2ccccc2)C(C(N)=O)C1. The molecule has 1 atom stereocenters. The molecule has 3 N–H and O–H groups in total. The molecule has 0 radical (unpaired) electrons. The second-order valence-electron chi connectivity index (χ2n) is 5.34. The van der Waals surface area contributed by atoms with Crippen LogP contribution >= 0.6 is 0 Å². The molecular weight excluding hydrogens is 280 g/mol. The van der Waals surface area contributed by atoms with E-state index in [0.717, 1.165) is 18.5 Å². The van der Waals surface area contributed by atoms with Gasteiger partial charge in [-0.25, -0.2) is 0 Å². The Morgan fingerprint density at radius 1 is 1.32 bits per heavy atom. The van der Waals surface area contributed by atoms with Crippen LogP contribution in [0.1, 0.15) is 33.1 Å². The van der Waals surface area contributed by atoms with E-state index in [4.69, 9.17) is 5.73 Å². The standard InChI is InChI=1S/C16H22N4O2/c1-3-11(4-2)18-16(22)13-10-14(15(17)21)20(19-13)12-8-6-5-7-9-12/h5-9,11,14H,3-4,10H2,1-2H3,(H2,17,21)(H,18,22). The van der Waals surface area contributed by atoms with Crippen LogP contribution in [0.5, 0.6) is 0 Å². The molecule has 0 aromatic heterocycles. The zero-order valence-electron chi connectivity index (χ0n) is 13.0. The summed E-state index contributed by atoms with van der Waals surface area (Å²) >= 11 is 0. The molecule has 22 heavy (non-hydrogen) atoms. The molecule has 0 bridgehead atoms. The molecule has 1 aromatic rings. The van der Waals surface area contributed by atoms with Gasteiger partial charge >= 0.3 is 0 Å². The molecule has 1 heterocycles. The average Bonchev–Trinajstić information content (AvgIpc) is 2.99. The van der Waals surface area contributed by atoms with Crippen LogP contribution in [-0.4, -0.2) is 29.6 Å². The second kappa shape index (κ2) is 7.06. The largest absolute Gasteiger partial charge is 0.368 e. The number of hydrogen-bond donors (Lipinski definition) is 2. The highest BCUT2D eigenvalue weighted by Gasteiger charge is 2.35. The molecule has 118 valence electrons. The minimum Gasteiger partial charge on any atom is -0.368 e. The number of carbonyl (C=O) groups excluding carboxylic acids is 2. The lowest BCUT2D eigenvalue weighted by molar-refractivity contribution is -0.119. The molecule has 2 amide bonds. The number of para-hydroxylation sites is 1. The minimum absolute atomic E-state index is 0.119. The van der Waals surface area contributed by atoms with Crippen molar-refractivity contribution >= 4 is 23.2 Å². The lowest BCUT2D eigenvalue weighted by Gasteiger charge is -2.20. The number of rotatable bonds is 6. The summed E-state index contributed by atoms with van der Waals surface area (Å²) in [5.74, 6) is -0.712. The van der Waals surface area contributed by atoms with Crippen molar-refractivity contribution in [2.24, 2.45) is 10.8 Å². The molecule has 1 aromatic carbocycles. The van der Waals surface area contributed by atoms with Gasteiger partial charge in [-0.05, 0) is 25.0 Å². The number of hydrogen-bond acceptors (Lipinski definition) is 4. The third kappa shape index (κ3) is 3.44. The first-order valence-electron chi connectivity index (χ1n) is 7.58. The zero-order valence-corrected chi connectivity index (χ0v) is 13.0. The van der Waals surface area contributed by atoms with Gasteiger partial charge in [0.05, 0.1) is 5.69 Å². The Kier molecular flexibility index (Phi) is 5.14. The number of hydrazone groups is 1. The average molecular weight is 302 g/mol. The van der Waals surface area contributed by atoms with E-state index in [2.05, 4.69) is 10.4 Å². The van der Waals surface area contributed by atoms with Crippen LogP contribution in [0.4, 0.5) is 5.69 Å². The summed E-state index contributed by atoms with van der Waals surface area (Å²) in [6.45, 7) is 4.04. The van der Waals surface area contributed by atoms with Crippen molar-refractivity contribution in [3.8, 4) is 0 Å². The molecule has 0 saturated heterocycles. The van der Waals surface area contributed by atoms with Crippen LogP contribution in [0.15, 0.2) is 35.4 Å². The van der Waals surface area contributed by atoms with Crippen molar-refractivity contribution in [1.82, 2.24) is 5.32 Å². The number of carbonyl (C=O) groups is 2. The molecule has 0 aliphatic carbocycles. The van der Waals surface area contributed by atoms with Crippen LogP contribution in [0.25, 0.3) is 0 Å². The predicted octanol–water partition coefficient (Wildman–Crippen LogP) is 1.41. The van der Waals surface area contributed by atoms with Crippen molar-refractivity contribution in [1.29, 1.82) is 0 Å². The molecule has 0 spiro atoms. The van der Waals surface area contributed by atoms with Gasteiger partial charge in [-0.15, -0.1) is 0 Å². The molecular formula is C16H22N4O2. The van der Waals surface area contributed by atoms with Gasteiger partial charge in [0.1, 0.15) is 11.8 Å². The maximum absolute atomic E-state index is 12.3. The summed E-state index contributed by atoms with van der Waals surface area (Å²) in [7, 11) is 0. The smallest absolute Gasteiger partial charge is 0.267 e. The van der Waals surface area contributed by atoms with Crippen LogP contribution in [0.2, 0.25) is 0 Å². The Balaban J connectivity index is 2.20. The minimum atomic E-state index is -0.621. The molecule has 2 rings (SSSR count). The van der Waals surface area contributed by atoms with Crippen LogP contribution < -0.4 is 16.1 Å². The normalized spacial score (nSPS) is 17.5. The van der Waals surface area contributed by atoms with E-state index in [1.807, 2.05) is 44.2 Å². The second-order valence-corrected chi connectivity index (χ2v) is 5.34. The van der Waals surface area contributed by atoms with Gasteiger partial charge in [0.15, 0.2) is 0 Å². The van der Waals surface area contributed by atoms with Gasteiger partial charge in [-0.1, -0.05) is 32.0 Å². The highest BCUT2D eigenvalue weighted by atomic mass is 16.2. The number of nitrogens with one attached hydrogen (secondary N) is 1. The highest BCUT2D eigenvalue weighted by Crippen LogP contribution is 2.24. The summed E-state index contributed by atoms with van der Waals surface area (Å²) in [4.78, 5) is 24.0. The fourth-order valence-corrected chi connectivity index (χ4v) is 2.45. The topological polar surface area (TPSA) is 87.8 Å². The maximum atomic E-state index is 12.3. The van der Waals surface area contributed by atoms with Crippen LogP contribution in [0.3, 0.4) is 0 Å². The number of nitrogens with zero attached hydrogens (tertiary/aromatic N) is 2. The van der Waals surface area contributed by atoms with Crippen molar-refractivity contribution in [2.45, 2.75) is 45.2 Å². The summed E-state index contributed by atoms with van der Waals surface area (Å²) in [6.07, 6.45) is 1.95. The number of benzene rings is 1. The summed E-state index contributed by atoms with van der Waals surface area (Å²) < 4.78 is 0. The Hall–Kier alpha value is -2.37. The first-order valence-corrected chi connectivity index (χ1v) is 7.58. The lowest BCUT2D eigenvalue weighted by atomic mass is 10.1. The van der Waals surface area contributed by atoms with Gasteiger partial charge in [0.2, 0.25) is 5.91 Å². The van der Waals surface area contributed by atoms with Crippen molar-refractivity contribution in [3.63, 3.8) is 0 Å². The molecule has 6 nitrogen and oxygen atoms in total. The Labute approximate surface area is 130 Å². The number of anilines is 1. The van der Waals surface area contributed by atoms with Crippen molar-refractivity contribution in [2.75, 3.05) is 5.01 Å². The van der Waals surface area contributed by atoms with E-state index < -0.39 is 11.9 Å². The van der Waals surface area contributed by atoms with E-state index >= 15 is 0 Å². The molecule has 6 heteroatoms. The molecule has 1 aliphatic heterocycles. The van der Waals surface area contributed by atoms with E-state index in [1.54, 1.807) is 0 Å². The van der Waals surface area contributed by atoms with E-state index in [-0.39, 0.29) is 18.4 Å². The van der Waals surface area contributed by atoms with Gasteiger partial charge < -0.3 is 11.1 Å². The Morgan fingerprint density at radius 3 is 2.50 bits per heavy atom. The molecule has 1 aliphatic rings. The molecule has 0 saturated carbocycles. The number of nitrogens with two attached hydrogens (primary N) is 1. The summed E-state index contributed by atoms with van der Waals surface area (Å²) in [5, 5.41) is 8.79. The van der Waals surface area contributed by atoms with E-state index in [9.17, 15) is 9.59 Å². The third-order valence-corrected chi connectivity index (χ3v) is 3.84.